The van der Waals surface area contributed by atoms with Crippen molar-refractivity contribution in [2.24, 2.45) is 16.1 Å². The number of anilines is 2. The Morgan fingerprint density at radius 3 is 2.24 bits per heavy atom. The van der Waals surface area contributed by atoms with Gasteiger partial charge in [0.2, 0.25) is 5.13 Å². The largest absolute Gasteiger partial charge is 0.271 e. The van der Waals surface area contributed by atoms with Crippen LogP contribution in [0.4, 0.5) is 10.8 Å². The molecule has 180 valence electrons. The fourth-order valence-electron chi connectivity index (χ4n) is 4.94. The molecule has 2 aliphatic rings. The SMILES string of the molecule is CC1=NN(c2ccccc2)C(=O)C1C1=NN(c2nc3nc4ccccc4nc3s2)C(c2ccccc2)C1. The maximum absolute atomic E-state index is 13.5. The van der Waals surface area contributed by atoms with E-state index in [0.29, 0.717) is 17.2 Å². The van der Waals surface area contributed by atoms with E-state index in [1.807, 2.05) is 84.7 Å². The van der Waals surface area contributed by atoms with Gasteiger partial charge >= 0.3 is 0 Å². The Kier molecular flexibility index (Phi) is 5.03. The molecule has 2 atom stereocenters. The Balaban J connectivity index is 1.30. The highest BCUT2D eigenvalue weighted by molar-refractivity contribution is 7.21. The molecule has 2 aliphatic heterocycles. The number of nitrogens with zero attached hydrogens (tertiary/aromatic N) is 7. The van der Waals surface area contributed by atoms with Crippen LogP contribution in [-0.2, 0) is 4.79 Å². The van der Waals surface area contributed by atoms with E-state index in [1.165, 1.54) is 16.3 Å². The topological polar surface area (TPSA) is 86.9 Å². The van der Waals surface area contributed by atoms with Crippen molar-refractivity contribution in [1.29, 1.82) is 0 Å². The van der Waals surface area contributed by atoms with Crippen LogP contribution in [-0.4, -0.2) is 32.3 Å². The Morgan fingerprint density at radius 1 is 0.811 bits per heavy atom. The third-order valence-corrected chi connectivity index (χ3v) is 7.62. The molecule has 2 aromatic heterocycles. The average Bonchev–Trinajstić information content (AvgIpc) is 3.63. The van der Waals surface area contributed by atoms with Gasteiger partial charge in [0.25, 0.3) is 5.91 Å². The van der Waals surface area contributed by atoms with Gasteiger partial charge in [-0.25, -0.2) is 15.0 Å². The highest BCUT2D eigenvalue weighted by atomic mass is 32.1. The second kappa shape index (κ2) is 8.56. The number of rotatable bonds is 4. The van der Waals surface area contributed by atoms with Gasteiger partial charge in [0.1, 0.15) is 5.92 Å². The van der Waals surface area contributed by atoms with Crippen molar-refractivity contribution in [3.63, 3.8) is 0 Å². The lowest BCUT2D eigenvalue weighted by molar-refractivity contribution is -0.118. The number of hydrogen-bond donors (Lipinski definition) is 0. The summed E-state index contributed by atoms with van der Waals surface area (Å²) in [5, 5.41) is 13.7. The minimum Gasteiger partial charge on any atom is -0.271 e. The van der Waals surface area contributed by atoms with Crippen molar-refractivity contribution in [2.45, 2.75) is 19.4 Å². The molecular formula is C28H21N7OS. The summed E-state index contributed by atoms with van der Waals surface area (Å²) < 4.78 is 0. The number of carbonyl (C=O) groups excluding carboxylic acids is 1. The summed E-state index contributed by atoms with van der Waals surface area (Å²) in [6.45, 7) is 1.89. The van der Waals surface area contributed by atoms with E-state index in [9.17, 15) is 4.79 Å². The molecule has 4 heterocycles. The maximum Gasteiger partial charge on any atom is 0.262 e. The van der Waals surface area contributed by atoms with Gasteiger partial charge in [-0.1, -0.05) is 72.0 Å². The number of carbonyl (C=O) groups is 1. The normalized spacial score (nSPS) is 19.6. The third kappa shape index (κ3) is 3.66. The van der Waals surface area contributed by atoms with Crippen LogP contribution < -0.4 is 10.0 Å². The molecule has 0 bridgehead atoms. The van der Waals surface area contributed by atoms with E-state index < -0.39 is 5.92 Å². The quantitative estimate of drug-likeness (QED) is 0.319. The Hall–Kier alpha value is -4.50. The summed E-state index contributed by atoms with van der Waals surface area (Å²) >= 11 is 1.46. The first-order chi connectivity index (χ1) is 18.2. The Labute approximate surface area is 216 Å². The van der Waals surface area contributed by atoms with Gasteiger partial charge in [-0.2, -0.15) is 20.2 Å². The maximum atomic E-state index is 13.5. The van der Waals surface area contributed by atoms with E-state index in [-0.39, 0.29) is 11.9 Å². The summed E-state index contributed by atoms with van der Waals surface area (Å²) in [5.74, 6) is -0.598. The van der Waals surface area contributed by atoms with Crippen LogP contribution in [0.3, 0.4) is 0 Å². The predicted octanol–water partition coefficient (Wildman–Crippen LogP) is 5.59. The second-order valence-corrected chi connectivity index (χ2v) is 10.0. The van der Waals surface area contributed by atoms with Crippen LogP contribution >= 0.6 is 11.3 Å². The molecule has 0 aliphatic carbocycles. The van der Waals surface area contributed by atoms with E-state index in [2.05, 4.69) is 17.2 Å². The minimum absolute atomic E-state index is 0.0880. The molecule has 2 unspecified atom stereocenters. The number of hydrogen-bond acceptors (Lipinski definition) is 8. The first kappa shape index (κ1) is 21.8. The van der Waals surface area contributed by atoms with Crippen LogP contribution in [0.2, 0.25) is 0 Å². The van der Waals surface area contributed by atoms with E-state index in [1.54, 1.807) is 0 Å². The van der Waals surface area contributed by atoms with Gasteiger partial charge in [0.05, 0.1) is 34.2 Å². The molecular weight excluding hydrogens is 482 g/mol. The van der Waals surface area contributed by atoms with Gasteiger partial charge < -0.3 is 0 Å². The van der Waals surface area contributed by atoms with Gasteiger partial charge in [0, 0.05) is 6.42 Å². The average molecular weight is 504 g/mol. The molecule has 5 aromatic rings. The van der Waals surface area contributed by atoms with Crippen molar-refractivity contribution in [3.8, 4) is 0 Å². The fraction of sp³-hybridized carbons (Fsp3) is 0.143. The number of amides is 1. The number of fused-ring (bicyclic) bond motifs is 2. The zero-order valence-electron chi connectivity index (χ0n) is 19.9. The van der Waals surface area contributed by atoms with Crippen molar-refractivity contribution in [3.05, 3.63) is 90.5 Å². The fourth-order valence-corrected chi connectivity index (χ4v) is 5.83. The zero-order chi connectivity index (χ0) is 24.9. The number of hydrazone groups is 2. The molecule has 1 amide bonds. The van der Waals surface area contributed by atoms with Crippen LogP contribution in [0, 0.1) is 5.92 Å². The summed E-state index contributed by atoms with van der Waals surface area (Å²) in [7, 11) is 0. The molecule has 0 spiro atoms. The lowest BCUT2D eigenvalue weighted by atomic mass is 9.92. The molecule has 9 heteroatoms. The standard InChI is InChI=1S/C28H21N7OS/c1-17-24(27(36)34(32-17)19-12-6-3-7-13-19)22-16-23(18-10-4-2-5-11-18)35(33-22)28-31-25-26(37-28)30-21-15-9-8-14-20(21)29-25/h2-15,23-24H,16H2,1H3. The smallest absolute Gasteiger partial charge is 0.262 e. The Morgan fingerprint density at radius 2 is 1.49 bits per heavy atom. The van der Waals surface area contributed by atoms with E-state index in [4.69, 9.17) is 20.1 Å². The minimum atomic E-state index is -0.510. The summed E-state index contributed by atoms with van der Waals surface area (Å²) in [5.41, 5.74) is 5.61. The monoisotopic (exact) mass is 503 g/mol. The Bertz CT molecular complexity index is 1660. The van der Waals surface area contributed by atoms with Gasteiger partial charge in [-0.15, -0.1) is 0 Å². The van der Waals surface area contributed by atoms with Crippen LogP contribution in [0.1, 0.15) is 24.9 Å². The van der Waals surface area contributed by atoms with Gasteiger partial charge in [-0.05, 0) is 36.8 Å². The van der Waals surface area contributed by atoms with Crippen LogP contribution in [0.15, 0.2) is 95.1 Å². The summed E-state index contributed by atoms with van der Waals surface area (Å²) in [6, 6.07) is 27.4. The number of thiazole rings is 1. The molecule has 0 saturated heterocycles. The number of aromatic nitrogens is 3. The third-order valence-electron chi connectivity index (χ3n) is 6.69. The van der Waals surface area contributed by atoms with Crippen molar-refractivity contribution in [2.75, 3.05) is 10.0 Å². The molecule has 8 nitrogen and oxygen atoms in total. The highest BCUT2D eigenvalue weighted by Gasteiger charge is 2.43. The number of benzene rings is 3. The molecule has 0 fully saturated rings. The van der Waals surface area contributed by atoms with Gasteiger partial charge in [0.15, 0.2) is 10.5 Å². The lowest BCUT2D eigenvalue weighted by Crippen LogP contribution is -2.32. The van der Waals surface area contributed by atoms with E-state index in [0.717, 1.165) is 38.5 Å². The summed E-state index contributed by atoms with van der Waals surface area (Å²) in [4.78, 5) is 28.6. The first-order valence-corrected chi connectivity index (χ1v) is 12.9. The lowest BCUT2D eigenvalue weighted by Gasteiger charge is -2.21. The molecule has 0 N–H and O–H groups in total. The molecule has 7 rings (SSSR count). The van der Waals surface area contributed by atoms with E-state index >= 15 is 0 Å². The van der Waals surface area contributed by atoms with Crippen LogP contribution in [0.25, 0.3) is 21.5 Å². The van der Waals surface area contributed by atoms with Crippen molar-refractivity contribution in [1.82, 2.24) is 15.0 Å². The predicted molar refractivity (Wildman–Crippen MR) is 147 cm³/mol. The highest BCUT2D eigenvalue weighted by Crippen LogP contribution is 2.41. The first-order valence-electron chi connectivity index (χ1n) is 12.0. The zero-order valence-corrected chi connectivity index (χ0v) is 20.7. The molecule has 0 saturated carbocycles. The second-order valence-electron chi connectivity index (χ2n) is 9.06. The van der Waals surface area contributed by atoms with Crippen LogP contribution in [0.5, 0.6) is 0 Å². The molecule has 0 radical (unpaired) electrons. The van der Waals surface area contributed by atoms with Gasteiger partial charge in [-0.3, -0.25) is 4.79 Å². The van der Waals surface area contributed by atoms with Crippen molar-refractivity contribution >= 4 is 61.0 Å². The van der Waals surface area contributed by atoms with Crippen molar-refractivity contribution < 1.29 is 4.79 Å². The molecule has 3 aromatic carbocycles. The molecule has 37 heavy (non-hydrogen) atoms. The number of para-hydroxylation sites is 3. The summed E-state index contributed by atoms with van der Waals surface area (Å²) in [6.07, 6.45) is 0.592.